The number of hydrogen-bond donors (Lipinski definition) is 2. The summed E-state index contributed by atoms with van der Waals surface area (Å²) in [7, 11) is 4.40. The standard InChI is InChI=1S/C25H30N2O7/c1-5-26-8-10-27(11-9-26)14-16-22(29)25(33-4)23(30)21-17(28)13-19(34-24(16)21)15-6-7-18(31-2)20(12-15)32-3/h6-7,12-13,29-30H,5,8-11,14H2,1-4H3. The zero-order valence-electron chi connectivity index (χ0n) is 19.9. The molecule has 1 fully saturated rings. The van der Waals surface area contributed by atoms with E-state index in [1.54, 1.807) is 25.3 Å². The second kappa shape index (κ2) is 9.82. The van der Waals surface area contributed by atoms with Crippen molar-refractivity contribution in [3.8, 4) is 40.1 Å². The largest absolute Gasteiger partial charge is 0.504 e. The van der Waals surface area contributed by atoms with E-state index >= 15 is 0 Å². The van der Waals surface area contributed by atoms with Crippen LogP contribution >= 0.6 is 0 Å². The van der Waals surface area contributed by atoms with Crippen LogP contribution in [0.25, 0.3) is 22.3 Å². The van der Waals surface area contributed by atoms with Gasteiger partial charge in [0.05, 0.1) is 26.9 Å². The number of ether oxygens (including phenoxy) is 3. The maximum atomic E-state index is 13.1. The van der Waals surface area contributed by atoms with Gasteiger partial charge in [-0.1, -0.05) is 6.92 Å². The highest BCUT2D eigenvalue weighted by Crippen LogP contribution is 2.45. The number of methoxy groups -OCH3 is 3. The first kappa shape index (κ1) is 23.7. The molecule has 0 atom stereocenters. The molecule has 9 heteroatoms. The molecule has 0 saturated carbocycles. The summed E-state index contributed by atoms with van der Waals surface area (Å²) in [5.74, 6) is 0.485. The maximum absolute atomic E-state index is 13.1. The lowest BCUT2D eigenvalue weighted by molar-refractivity contribution is 0.131. The van der Waals surface area contributed by atoms with Gasteiger partial charge in [0.25, 0.3) is 0 Å². The molecule has 1 saturated heterocycles. The fourth-order valence-corrected chi connectivity index (χ4v) is 4.36. The number of aromatic hydroxyl groups is 2. The Morgan fingerprint density at radius 3 is 2.21 bits per heavy atom. The van der Waals surface area contributed by atoms with Crippen LogP contribution < -0.4 is 19.6 Å². The van der Waals surface area contributed by atoms with Gasteiger partial charge in [-0.25, -0.2) is 0 Å². The molecule has 1 aromatic heterocycles. The number of phenols is 2. The maximum Gasteiger partial charge on any atom is 0.204 e. The van der Waals surface area contributed by atoms with E-state index in [0.717, 1.165) is 32.7 Å². The van der Waals surface area contributed by atoms with Crippen molar-refractivity contribution in [2.45, 2.75) is 13.5 Å². The van der Waals surface area contributed by atoms with E-state index in [9.17, 15) is 15.0 Å². The number of nitrogens with zero attached hydrogens (tertiary/aromatic N) is 2. The van der Waals surface area contributed by atoms with E-state index in [0.29, 0.717) is 29.2 Å². The van der Waals surface area contributed by atoms with Gasteiger partial charge in [0.2, 0.25) is 5.75 Å². The highest BCUT2D eigenvalue weighted by Gasteiger charge is 2.27. The van der Waals surface area contributed by atoms with Gasteiger partial charge in [0, 0.05) is 44.4 Å². The van der Waals surface area contributed by atoms with Gasteiger partial charge >= 0.3 is 0 Å². The monoisotopic (exact) mass is 470 g/mol. The summed E-state index contributed by atoms with van der Waals surface area (Å²) in [6.45, 7) is 6.88. The van der Waals surface area contributed by atoms with E-state index in [2.05, 4.69) is 16.7 Å². The van der Waals surface area contributed by atoms with E-state index in [-0.39, 0.29) is 28.2 Å². The summed E-state index contributed by atoms with van der Waals surface area (Å²) in [5.41, 5.74) is 0.674. The minimum Gasteiger partial charge on any atom is -0.504 e. The third-order valence-corrected chi connectivity index (χ3v) is 6.34. The van der Waals surface area contributed by atoms with Crippen LogP contribution in [0.4, 0.5) is 0 Å². The molecule has 1 aliphatic rings. The third kappa shape index (κ3) is 4.24. The Morgan fingerprint density at radius 1 is 0.912 bits per heavy atom. The van der Waals surface area contributed by atoms with Crippen molar-refractivity contribution in [3.05, 3.63) is 40.1 Å². The van der Waals surface area contributed by atoms with Crippen LogP contribution in [0.5, 0.6) is 28.7 Å². The minimum atomic E-state index is -0.445. The van der Waals surface area contributed by atoms with E-state index in [1.807, 2.05) is 0 Å². The topological polar surface area (TPSA) is 105 Å². The first-order chi connectivity index (χ1) is 16.4. The quantitative estimate of drug-likeness (QED) is 0.539. The molecule has 2 heterocycles. The van der Waals surface area contributed by atoms with Crippen molar-refractivity contribution in [2.24, 2.45) is 0 Å². The van der Waals surface area contributed by atoms with Crippen molar-refractivity contribution in [3.63, 3.8) is 0 Å². The van der Waals surface area contributed by atoms with Crippen molar-refractivity contribution in [1.29, 1.82) is 0 Å². The number of phenolic OH excluding ortho intramolecular Hbond substituents is 2. The van der Waals surface area contributed by atoms with Crippen LogP contribution in [0, 0.1) is 0 Å². The summed E-state index contributed by atoms with van der Waals surface area (Å²) < 4.78 is 22.1. The summed E-state index contributed by atoms with van der Waals surface area (Å²) in [6.07, 6.45) is 0. The number of rotatable bonds is 7. The van der Waals surface area contributed by atoms with Crippen molar-refractivity contribution in [2.75, 3.05) is 54.1 Å². The number of piperazine rings is 1. The van der Waals surface area contributed by atoms with Gasteiger partial charge in [0.15, 0.2) is 34.0 Å². The Balaban J connectivity index is 1.86. The molecule has 182 valence electrons. The van der Waals surface area contributed by atoms with Crippen LogP contribution in [-0.4, -0.2) is 74.1 Å². The summed E-state index contributed by atoms with van der Waals surface area (Å²) in [5, 5.41) is 21.7. The minimum absolute atomic E-state index is 0.0268. The Morgan fingerprint density at radius 2 is 1.59 bits per heavy atom. The van der Waals surface area contributed by atoms with Crippen molar-refractivity contribution in [1.82, 2.24) is 9.80 Å². The molecule has 0 radical (unpaired) electrons. The Kier molecular flexibility index (Phi) is 6.85. The molecular weight excluding hydrogens is 440 g/mol. The predicted octanol–water partition coefficient (Wildman–Crippen LogP) is 3.03. The van der Waals surface area contributed by atoms with Crippen LogP contribution in [0.2, 0.25) is 0 Å². The van der Waals surface area contributed by atoms with Crippen LogP contribution in [0.15, 0.2) is 33.5 Å². The molecule has 4 rings (SSSR count). The molecular formula is C25H30N2O7. The third-order valence-electron chi connectivity index (χ3n) is 6.34. The normalized spacial score (nSPS) is 14.9. The van der Waals surface area contributed by atoms with Gasteiger partial charge in [0.1, 0.15) is 11.1 Å². The van der Waals surface area contributed by atoms with E-state index in [4.69, 9.17) is 18.6 Å². The smallest absolute Gasteiger partial charge is 0.204 e. The van der Waals surface area contributed by atoms with Crippen LogP contribution in [0.1, 0.15) is 12.5 Å². The zero-order chi connectivity index (χ0) is 24.4. The van der Waals surface area contributed by atoms with Gasteiger partial charge < -0.3 is 33.7 Å². The summed E-state index contributed by atoms with van der Waals surface area (Å²) in [4.78, 5) is 17.7. The lowest BCUT2D eigenvalue weighted by Crippen LogP contribution is -2.45. The molecule has 9 nitrogen and oxygen atoms in total. The molecule has 2 aromatic carbocycles. The number of hydrogen-bond acceptors (Lipinski definition) is 9. The molecule has 0 bridgehead atoms. The lowest BCUT2D eigenvalue weighted by atomic mass is 10.0. The zero-order valence-corrected chi connectivity index (χ0v) is 19.9. The highest BCUT2D eigenvalue weighted by atomic mass is 16.5. The average Bonchev–Trinajstić information content (AvgIpc) is 2.86. The molecule has 0 spiro atoms. The molecule has 3 aromatic rings. The van der Waals surface area contributed by atoms with Crippen LogP contribution in [0.3, 0.4) is 0 Å². The lowest BCUT2D eigenvalue weighted by Gasteiger charge is -2.34. The fourth-order valence-electron chi connectivity index (χ4n) is 4.36. The molecule has 0 aliphatic carbocycles. The molecule has 0 unspecified atom stereocenters. The Labute approximate surface area is 197 Å². The predicted molar refractivity (Wildman–Crippen MR) is 128 cm³/mol. The van der Waals surface area contributed by atoms with Crippen molar-refractivity contribution < 1.29 is 28.8 Å². The Hall–Kier alpha value is -3.43. The summed E-state index contributed by atoms with van der Waals surface area (Å²) >= 11 is 0. The molecule has 34 heavy (non-hydrogen) atoms. The molecule has 1 aliphatic heterocycles. The number of fused-ring (bicyclic) bond motifs is 1. The van der Waals surface area contributed by atoms with E-state index in [1.165, 1.54) is 20.3 Å². The second-order valence-corrected chi connectivity index (χ2v) is 8.17. The Bertz CT molecular complexity index is 1250. The van der Waals surface area contributed by atoms with Gasteiger partial charge in [-0.2, -0.15) is 0 Å². The second-order valence-electron chi connectivity index (χ2n) is 8.17. The summed E-state index contributed by atoms with van der Waals surface area (Å²) in [6, 6.07) is 6.48. The van der Waals surface area contributed by atoms with Gasteiger partial charge in [-0.05, 0) is 24.7 Å². The number of benzene rings is 2. The first-order valence-electron chi connectivity index (χ1n) is 11.2. The van der Waals surface area contributed by atoms with Gasteiger partial charge in [-0.15, -0.1) is 0 Å². The first-order valence-corrected chi connectivity index (χ1v) is 11.2. The van der Waals surface area contributed by atoms with Gasteiger partial charge in [-0.3, -0.25) is 9.69 Å². The molecule has 2 N–H and O–H groups in total. The van der Waals surface area contributed by atoms with Crippen LogP contribution in [-0.2, 0) is 6.54 Å². The average molecular weight is 471 g/mol. The highest BCUT2D eigenvalue weighted by molar-refractivity contribution is 5.92. The number of likely N-dealkylation sites (N-methyl/N-ethyl adjacent to an activating group) is 1. The molecule has 0 amide bonds. The fraction of sp³-hybridized carbons (Fsp3) is 0.400. The SMILES string of the molecule is CCN1CCN(Cc2c(O)c(OC)c(O)c3c(=O)cc(-c4ccc(OC)c(OC)c4)oc23)CC1. The van der Waals surface area contributed by atoms with Crippen molar-refractivity contribution >= 4 is 11.0 Å². The van der Waals surface area contributed by atoms with E-state index < -0.39 is 11.2 Å².